The Kier molecular flexibility index (Phi) is 3.98. The Morgan fingerprint density at radius 1 is 1.16 bits per heavy atom. The Morgan fingerprint density at radius 2 is 1.95 bits per heavy atom. The molecule has 0 saturated carbocycles. The maximum absolute atomic E-state index is 13.7. The van der Waals surface area contributed by atoms with E-state index in [1.807, 2.05) is 6.07 Å². The first-order chi connectivity index (χ1) is 9.10. The SMILES string of the molecule is N#CC(Nc1cccc(F)c1)c1cc(Cl)ccc1F. The van der Waals surface area contributed by atoms with Gasteiger partial charge in [-0.1, -0.05) is 17.7 Å². The fraction of sp³-hybridized carbons (Fsp3) is 0.0714. The summed E-state index contributed by atoms with van der Waals surface area (Å²) < 4.78 is 26.7. The van der Waals surface area contributed by atoms with E-state index in [0.717, 1.165) is 0 Å². The van der Waals surface area contributed by atoms with Gasteiger partial charge >= 0.3 is 0 Å². The molecule has 19 heavy (non-hydrogen) atoms. The van der Waals surface area contributed by atoms with Crippen LogP contribution in [0.4, 0.5) is 14.5 Å². The summed E-state index contributed by atoms with van der Waals surface area (Å²) in [5.41, 5.74) is 0.519. The number of nitriles is 1. The van der Waals surface area contributed by atoms with Gasteiger partial charge in [0.2, 0.25) is 0 Å². The van der Waals surface area contributed by atoms with Crippen molar-refractivity contribution < 1.29 is 8.78 Å². The Morgan fingerprint density at radius 3 is 2.63 bits per heavy atom. The lowest BCUT2D eigenvalue weighted by atomic mass is 10.1. The summed E-state index contributed by atoms with van der Waals surface area (Å²) in [6, 6.07) is 10.5. The zero-order valence-electron chi connectivity index (χ0n) is 9.70. The van der Waals surface area contributed by atoms with Gasteiger partial charge in [0.25, 0.3) is 0 Å². The maximum atomic E-state index is 13.7. The molecule has 5 heteroatoms. The van der Waals surface area contributed by atoms with Crippen LogP contribution in [0.2, 0.25) is 5.02 Å². The number of nitrogens with one attached hydrogen (secondary N) is 1. The largest absolute Gasteiger partial charge is 0.366 e. The van der Waals surface area contributed by atoms with Crippen molar-refractivity contribution in [2.45, 2.75) is 6.04 Å². The minimum Gasteiger partial charge on any atom is -0.366 e. The first-order valence-corrected chi connectivity index (χ1v) is 5.84. The highest BCUT2D eigenvalue weighted by atomic mass is 35.5. The lowest BCUT2D eigenvalue weighted by Gasteiger charge is -2.14. The highest BCUT2D eigenvalue weighted by Gasteiger charge is 2.15. The smallest absolute Gasteiger partial charge is 0.143 e. The molecule has 0 amide bonds. The number of benzene rings is 2. The molecule has 0 aliphatic rings. The first kappa shape index (κ1) is 13.3. The van der Waals surface area contributed by atoms with E-state index in [4.69, 9.17) is 16.9 Å². The Hall–Kier alpha value is -2.12. The van der Waals surface area contributed by atoms with E-state index < -0.39 is 17.7 Å². The second kappa shape index (κ2) is 5.68. The number of nitrogens with zero attached hydrogens (tertiary/aromatic N) is 1. The molecular formula is C14H9ClF2N2. The molecule has 0 aromatic heterocycles. The van der Waals surface area contributed by atoms with Crippen LogP contribution in [-0.2, 0) is 0 Å². The van der Waals surface area contributed by atoms with Crippen LogP contribution in [0.25, 0.3) is 0 Å². The van der Waals surface area contributed by atoms with Gasteiger partial charge in [0.15, 0.2) is 0 Å². The van der Waals surface area contributed by atoms with Gasteiger partial charge in [-0.15, -0.1) is 0 Å². The molecule has 2 aromatic carbocycles. The molecule has 96 valence electrons. The topological polar surface area (TPSA) is 35.8 Å². The molecule has 0 fully saturated rings. The first-order valence-electron chi connectivity index (χ1n) is 5.47. The van der Waals surface area contributed by atoms with Gasteiger partial charge in [0, 0.05) is 16.3 Å². The van der Waals surface area contributed by atoms with E-state index in [1.165, 1.54) is 36.4 Å². The zero-order valence-corrected chi connectivity index (χ0v) is 10.5. The van der Waals surface area contributed by atoms with E-state index >= 15 is 0 Å². The fourth-order valence-electron chi connectivity index (χ4n) is 1.66. The molecule has 0 saturated heterocycles. The van der Waals surface area contributed by atoms with Crippen molar-refractivity contribution in [2.24, 2.45) is 0 Å². The predicted molar refractivity (Wildman–Crippen MR) is 69.8 cm³/mol. The van der Waals surface area contributed by atoms with Crippen LogP contribution in [-0.4, -0.2) is 0 Å². The third-order valence-electron chi connectivity index (χ3n) is 2.53. The summed E-state index contributed by atoms with van der Waals surface area (Å²) >= 11 is 5.78. The molecule has 2 rings (SSSR count). The van der Waals surface area contributed by atoms with Crippen LogP contribution in [0.5, 0.6) is 0 Å². The van der Waals surface area contributed by atoms with E-state index in [-0.39, 0.29) is 5.56 Å². The minimum atomic E-state index is -0.944. The van der Waals surface area contributed by atoms with Gasteiger partial charge in [-0.25, -0.2) is 8.78 Å². The third-order valence-corrected chi connectivity index (χ3v) is 2.77. The standard InChI is InChI=1S/C14H9ClF2N2/c15-9-4-5-13(17)12(6-9)14(8-18)19-11-3-1-2-10(16)7-11/h1-7,14,19H. The van der Waals surface area contributed by atoms with E-state index in [9.17, 15) is 8.78 Å². The van der Waals surface area contributed by atoms with Crippen LogP contribution in [0.3, 0.4) is 0 Å². The molecule has 2 nitrogen and oxygen atoms in total. The lowest BCUT2D eigenvalue weighted by molar-refractivity contribution is 0.607. The average molecular weight is 279 g/mol. The predicted octanol–water partition coefficient (Wildman–Crippen LogP) is 4.29. The van der Waals surface area contributed by atoms with Crippen molar-refractivity contribution in [3.8, 4) is 6.07 Å². The second-order valence-corrected chi connectivity index (χ2v) is 4.32. The van der Waals surface area contributed by atoms with E-state index in [2.05, 4.69) is 5.32 Å². The summed E-state index contributed by atoms with van der Waals surface area (Å²) in [6.45, 7) is 0. The molecule has 1 N–H and O–H groups in total. The Labute approximate surface area is 114 Å². The molecule has 0 spiro atoms. The van der Waals surface area contributed by atoms with Gasteiger partial charge in [0.1, 0.15) is 17.7 Å². The number of rotatable bonds is 3. The number of hydrogen-bond acceptors (Lipinski definition) is 2. The number of halogens is 3. The van der Waals surface area contributed by atoms with Crippen LogP contribution >= 0.6 is 11.6 Å². The molecule has 0 heterocycles. The summed E-state index contributed by atoms with van der Waals surface area (Å²) in [5, 5.41) is 12.2. The summed E-state index contributed by atoms with van der Waals surface area (Å²) in [4.78, 5) is 0. The fourth-order valence-corrected chi connectivity index (χ4v) is 1.84. The van der Waals surface area contributed by atoms with Crippen molar-refractivity contribution >= 4 is 17.3 Å². The van der Waals surface area contributed by atoms with Crippen molar-refractivity contribution in [3.05, 3.63) is 64.7 Å². The van der Waals surface area contributed by atoms with Gasteiger partial charge in [0.05, 0.1) is 6.07 Å². The quantitative estimate of drug-likeness (QED) is 0.909. The minimum absolute atomic E-state index is 0.124. The van der Waals surface area contributed by atoms with Crippen LogP contribution in [0, 0.1) is 23.0 Å². The normalized spacial score (nSPS) is 11.7. The number of hydrogen-bond donors (Lipinski definition) is 1. The van der Waals surface area contributed by atoms with Crippen LogP contribution < -0.4 is 5.32 Å². The number of anilines is 1. The summed E-state index contributed by atoms with van der Waals surface area (Å²) in [6.07, 6.45) is 0. The Balaban J connectivity index is 2.31. The monoisotopic (exact) mass is 278 g/mol. The van der Waals surface area contributed by atoms with Gasteiger partial charge in [-0.3, -0.25) is 0 Å². The van der Waals surface area contributed by atoms with E-state index in [1.54, 1.807) is 6.07 Å². The van der Waals surface area contributed by atoms with Crippen molar-refractivity contribution in [1.29, 1.82) is 5.26 Å². The summed E-state index contributed by atoms with van der Waals surface area (Å²) in [5.74, 6) is -0.979. The highest BCUT2D eigenvalue weighted by Crippen LogP contribution is 2.24. The molecular weight excluding hydrogens is 270 g/mol. The Bertz CT molecular complexity index is 638. The van der Waals surface area contributed by atoms with Gasteiger partial charge < -0.3 is 5.32 Å². The molecule has 0 aliphatic heterocycles. The van der Waals surface area contributed by atoms with Crippen molar-refractivity contribution in [1.82, 2.24) is 0 Å². The lowest BCUT2D eigenvalue weighted by Crippen LogP contribution is -2.10. The van der Waals surface area contributed by atoms with E-state index in [0.29, 0.717) is 10.7 Å². The molecule has 0 aliphatic carbocycles. The van der Waals surface area contributed by atoms with Crippen LogP contribution in [0.1, 0.15) is 11.6 Å². The molecule has 0 radical (unpaired) electrons. The molecule has 0 bridgehead atoms. The van der Waals surface area contributed by atoms with Crippen molar-refractivity contribution in [3.63, 3.8) is 0 Å². The van der Waals surface area contributed by atoms with Crippen LogP contribution in [0.15, 0.2) is 42.5 Å². The molecule has 1 atom stereocenters. The second-order valence-electron chi connectivity index (χ2n) is 3.88. The van der Waals surface area contributed by atoms with Crippen molar-refractivity contribution in [2.75, 3.05) is 5.32 Å². The highest BCUT2D eigenvalue weighted by molar-refractivity contribution is 6.30. The average Bonchev–Trinajstić information content (AvgIpc) is 2.39. The molecule has 1 unspecified atom stereocenters. The third kappa shape index (κ3) is 3.21. The summed E-state index contributed by atoms with van der Waals surface area (Å²) in [7, 11) is 0. The van der Waals surface area contributed by atoms with Gasteiger partial charge in [-0.2, -0.15) is 5.26 Å². The molecule has 2 aromatic rings. The zero-order chi connectivity index (χ0) is 13.8. The van der Waals surface area contributed by atoms with Gasteiger partial charge in [-0.05, 0) is 36.4 Å². The maximum Gasteiger partial charge on any atom is 0.143 e.